The number of nitrogens with zero attached hydrogens (tertiary/aromatic N) is 2. The van der Waals surface area contributed by atoms with Gasteiger partial charge in [0.15, 0.2) is 0 Å². The molecule has 0 spiro atoms. The summed E-state index contributed by atoms with van der Waals surface area (Å²) in [7, 11) is 0. The molecule has 1 heterocycles. The van der Waals surface area contributed by atoms with Crippen LogP contribution in [0.4, 0.5) is 0 Å². The van der Waals surface area contributed by atoms with Gasteiger partial charge in [-0.1, -0.05) is 39.1 Å². The van der Waals surface area contributed by atoms with E-state index in [1.54, 1.807) is 12.1 Å². The molecular formula is C11H9BrCl2N2. The van der Waals surface area contributed by atoms with Crippen LogP contribution in [0.2, 0.25) is 10.0 Å². The molecule has 0 bridgehead atoms. The second kappa shape index (κ2) is 4.78. The molecule has 0 aliphatic rings. The van der Waals surface area contributed by atoms with Gasteiger partial charge in [-0.2, -0.15) is 5.10 Å². The lowest BCUT2D eigenvalue weighted by Crippen LogP contribution is -2.00. The topological polar surface area (TPSA) is 17.8 Å². The van der Waals surface area contributed by atoms with Gasteiger partial charge in [0.05, 0.1) is 16.9 Å². The largest absolute Gasteiger partial charge is 0.236 e. The van der Waals surface area contributed by atoms with E-state index < -0.39 is 0 Å². The molecule has 0 unspecified atom stereocenters. The van der Waals surface area contributed by atoms with Crippen LogP contribution in [0.25, 0.3) is 5.69 Å². The normalized spacial score (nSPS) is 10.8. The molecule has 2 nitrogen and oxygen atoms in total. The van der Waals surface area contributed by atoms with E-state index >= 15 is 0 Å². The molecule has 0 fully saturated rings. The molecule has 0 amide bonds. The number of hydrogen-bond donors (Lipinski definition) is 0. The fourth-order valence-corrected chi connectivity index (χ4v) is 2.51. The highest BCUT2D eigenvalue weighted by atomic mass is 79.9. The molecule has 5 heteroatoms. The highest BCUT2D eigenvalue weighted by Crippen LogP contribution is 2.26. The summed E-state index contributed by atoms with van der Waals surface area (Å²) in [6, 6.07) is 5.38. The summed E-state index contributed by atoms with van der Waals surface area (Å²) >= 11 is 15.4. The van der Waals surface area contributed by atoms with E-state index in [9.17, 15) is 0 Å². The highest BCUT2D eigenvalue weighted by Gasteiger charge is 2.10. The standard InChI is InChI=1S/C11H9BrCl2N2/c1-7-8(5-12)6-15-16(7)11-3-2-9(13)4-10(11)14/h2-4,6H,5H2,1H3. The molecule has 0 radical (unpaired) electrons. The van der Waals surface area contributed by atoms with Crippen molar-refractivity contribution in [1.82, 2.24) is 9.78 Å². The van der Waals surface area contributed by atoms with Gasteiger partial charge in [-0.25, -0.2) is 4.68 Å². The van der Waals surface area contributed by atoms with Crippen LogP contribution < -0.4 is 0 Å². The quantitative estimate of drug-likeness (QED) is 0.751. The summed E-state index contributed by atoms with van der Waals surface area (Å²) in [4.78, 5) is 0. The van der Waals surface area contributed by atoms with Crippen molar-refractivity contribution < 1.29 is 0 Å². The number of hydrogen-bond acceptors (Lipinski definition) is 1. The Morgan fingerprint density at radius 1 is 1.38 bits per heavy atom. The molecule has 0 aliphatic carbocycles. The van der Waals surface area contributed by atoms with Gasteiger partial charge in [-0.15, -0.1) is 0 Å². The van der Waals surface area contributed by atoms with Crippen molar-refractivity contribution in [3.63, 3.8) is 0 Å². The Morgan fingerprint density at radius 3 is 2.69 bits per heavy atom. The monoisotopic (exact) mass is 318 g/mol. The third-order valence-electron chi connectivity index (χ3n) is 2.39. The number of benzene rings is 1. The first-order valence-corrected chi connectivity index (χ1v) is 6.56. The average Bonchev–Trinajstić information content (AvgIpc) is 2.60. The highest BCUT2D eigenvalue weighted by molar-refractivity contribution is 9.08. The summed E-state index contributed by atoms with van der Waals surface area (Å²) in [5.41, 5.74) is 3.06. The van der Waals surface area contributed by atoms with E-state index in [0.717, 1.165) is 22.3 Å². The zero-order valence-corrected chi connectivity index (χ0v) is 11.6. The van der Waals surface area contributed by atoms with Gasteiger partial charge >= 0.3 is 0 Å². The molecule has 0 saturated heterocycles. The van der Waals surface area contributed by atoms with Crippen molar-refractivity contribution >= 4 is 39.1 Å². The molecule has 1 aromatic carbocycles. The van der Waals surface area contributed by atoms with E-state index in [0.29, 0.717) is 10.0 Å². The predicted molar refractivity (Wildman–Crippen MR) is 71.0 cm³/mol. The van der Waals surface area contributed by atoms with Crippen LogP contribution in [0.15, 0.2) is 24.4 Å². The molecule has 84 valence electrons. The van der Waals surface area contributed by atoms with Gasteiger partial charge in [0, 0.05) is 21.6 Å². The van der Waals surface area contributed by atoms with Crippen molar-refractivity contribution in [2.45, 2.75) is 12.3 Å². The van der Waals surface area contributed by atoms with Gasteiger partial charge < -0.3 is 0 Å². The summed E-state index contributed by atoms with van der Waals surface area (Å²) < 4.78 is 1.81. The number of aromatic nitrogens is 2. The number of alkyl halides is 1. The SMILES string of the molecule is Cc1c(CBr)cnn1-c1ccc(Cl)cc1Cl. The van der Waals surface area contributed by atoms with E-state index in [1.165, 1.54) is 0 Å². The molecular weight excluding hydrogens is 311 g/mol. The average molecular weight is 320 g/mol. The van der Waals surface area contributed by atoms with Gasteiger partial charge in [-0.3, -0.25) is 0 Å². The lowest BCUT2D eigenvalue weighted by Gasteiger charge is -2.07. The maximum atomic E-state index is 6.13. The molecule has 1 aromatic heterocycles. The molecule has 2 aromatic rings. The molecule has 16 heavy (non-hydrogen) atoms. The Kier molecular flexibility index (Phi) is 3.57. The summed E-state index contributed by atoms with van der Waals surface area (Å²) in [6.45, 7) is 2.01. The predicted octanol–water partition coefficient (Wildman–Crippen LogP) is 4.38. The first kappa shape index (κ1) is 12.0. The second-order valence-corrected chi connectivity index (χ2v) is 4.80. The van der Waals surface area contributed by atoms with Crippen molar-refractivity contribution in [3.05, 3.63) is 45.7 Å². The lowest BCUT2D eigenvalue weighted by molar-refractivity contribution is 0.846. The first-order valence-electron chi connectivity index (χ1n) is 4.68. The van der Waals surface area contributed by atoms with Crippen LogP contribution >= 0.6 is 39.1 Å². The minimum atomic E-state index is 0.597. The number of halogens is 3. The first-order chi connectivity index (χ1) is 7.63. The van der Waals surface area contributed by atoms with Crippen LogP contribution in [0, 0.1) is 6.92 Å². The Morgan fingerprint density at radius 2 is 2.12 bits per heavy atom. The Labute approximate surface area is 112 Å². The fraction of sp³-hybridized carbons (Fsp3) is 0.182. The second-order valence-electron chi connectivity index (χ2n) is 3.40. The summed E-state index contributed by atoms with van der Waals surface area (Å²) in [5.74, 6) is 0. The zero-order chi connectivity index (χ0) is 11.7. The molecule has 0 aliphatic heterocycles. The van der Waals surface area contributed by atoms with Crippen molar-refractivity contribution in [1.29, 1.82) is 0 Å². The Hall–Kier alpha value is -0.510. The third kappa shape index (κ3) is 2.12. The maximum Gasteiger partial charge on any atom is 0.0836 e. The fourth-order valence-electron chi connectivity index (χ4n) is 1.47. The van der Waals surface area contributed by atoms with Crippen LogP contribution in [0.1, 0.15) is 11.3 Å². The van der Waals surface area contributed by atoms with E-state index in [2.05, 4.69) is 21.0 Å². The van der Waals surface area contributed by atoms with Crippen LogP contribution in [0.3, 0.4) is 0 Å². The Bertz CT molecular complexity index is 523. The van der Waals surface area contributed by atoms with E-state index in [4.69, 9.17) is 23.2 Å². The Balaban J connectivity index is 2.54. The van der Waals surface area contributed by atoms with E-state index in [-0.39, 0.29) is 0 Å². The third-order valence-corrected chi connectivity index (χ3v) is 3.54. The minimum absolute atomic E-state index is 0.597. The van der Waals surface area contributed by atoms with E-state index in [1.807, 2.05) is 23.9 Å². The summed E-state index contributed by atoms with van der Waals surface area (Å²) in [5, 5.41) is 6.31. The maximum absolute atomic E-state index is 6.13. The van der Waals surface area contributed by atoms with Crippen molar-refractivity contribution in [3.8, 4) is 5.69 Å². The van der Waals surface area contributed by atoms with Gasteiger partial charge in [0.2, 0.25) is 0 Å². The van der Waals surface area contributed by atoms with Gasteiger partial charge in [-0.05, 0) is 25.1 Å². The van der Waals surface area contributed by atoms with Crippen LogP contribution in [0.5, 0.6) is 0 Å². The molecule has 0 N–H and O–H groups in total. The lowest BCUT2D eigenvalue weighted by atomic mass is 10.3. The minimum Gasteiger partial charge on any atom is -0.236 e. The molecule has 0 atom stereocenters. The van der Waals surface area contributed by atoms with Gasteiger partial charge in [0.25, 0.3) is 0 Å². The smallest absolute Gasteiger partial charge is 0.0836 e. The molecule has 0 saturated carbocycles. The van der Waals surface area contributed by atoms with Crippen LogP contribution in [-0.4, -0.2) is 9.78 Å². The molecule has 2 rings (SSSR count). The van der Waals surface area contributed by atoms with Gasteiger partial charge in [0.1, 0.15) is 0 Å². The summed E-state index contributed by atoms with van der Waals surface area (Å²) in [6.07, 6.45) is 1.83. The number of rotatable bonds is 2. The zero-order valence-electron chi connectivity index (χ0n) is 8.54. The van der Waals surface area contributed by atoms with Crippen molar-refractivity contribution in [2.75, 3.05) is 0 Å². The van der Waals surface area contributed by atoms with Crippen LogP contribution in [-0.2, 0) is 5.33 Å². The van der Waals surface area contributed by atoms with Crippen molar-refractivity contribution in [2.24, 2.45) is 0 Å².